The van der Waals surface area contributed by atoms with Gasteiger partial charge in [0.05, 0.1) is 0 Å². The number of rotatable bonds is 7. The van der Waals surface area contributed by atoms with Gasteiger partial charge in [-0.3, -0.25) is 0 Å². The van der Waals surface area contributed by atoms with Crippen molar-refractivity contribution >= 4 is 11.9 Å². The summed E-state index contributed by atoms with van der Waals surface area (Å²) in [4.78, 5) is 24.0. The Morgan fingerprint density at radius 1 is 1.04 bits per heavy atom. The van der Waals surface area contributed by atoms with Gasteiger partial charge >= 0.3 is 11.9 Å². The minimum absolute atomic E-state index is 0.0912. The van der Waals surface area contributed by atoms with Crippen LogP contribution in [0.3, 0.4) is 0 Å². The number of benzene rings is 1. The van der Waals surface area contributed by atoms with Crippen LogP contribution >= 0.6 is 0 Å². The largest absolute Gasteiger partial charge is 0.482 e. The maximum atomic E-state index is 12.1. The number of hydrogen-bond acceptors (Lipinski definition) is 5. The second-order valence-corrected chi connectivity index (χ2v) is 8.13. The summed E-state index contributed by atoms with van der Waals surface area (Å²) in [7, 11) is 0. The molecule has 0 radical (unpaired) electrons. The van der Waals surface area contributed by atoms with Crippen LogP contribution in [0.2, 0.25) is 0 Å². The number of aryl methyl sites for hydroxylation is 2. The van der Waals surface area contributed by atoms with Crippen molar-refractivity contribution in [2.75, 3.05) is 13.2 Å². The smallest absolute Gasteiger partial charge is 0.344 e. The van der Waals surface area contributed by atoms with E-state index in [9.17, 15) is 9.59 Å². The molecule has 2 rings (SSSR count). The molecule has 0 N–H and O–H groups in total. The van der Waals surface area contributed by atoms with Gasteiger partial charge in [-0.25, -0.2) is 9.59 Å². The van der Waals surface area contributed by atoms with Crippen LogP contribution in [0.5, 0.6) is 5.75 Å². The highest BCUT2D eigenvalue weighted by molar-refractivity contribution is 5.77. The molecule has 0 aliphatic heterocycles. The minimum Gasteiger partial charge on any atom is -0.482 e. The zero-order chi connectivity index (χ0) is 20.0. The van der Waals surface area contributed by atoms with Gasteiger partial charge in [0, 0.05) is 0 Å². The first-order chi connectivity index (χ1) is 12.7. The number of carbonyl (C=O) groups excluding carboxylic acids is 2. The van der Waals surface area contributed by atoms with E-state index >= 15 is 0 Å². The van der Waals surface area contributed by atoms with Crippen LogP contribution in [-0.2, 0) is 19.1 Å². The first kappa shape index (κ1) is 21.3. The number of carbonyl (C=O) groups is 2. The first-order valence-electron chi connectivity index (χ1n) is 9.80. The van der Waals surface area contributed by atoms with Crippen LogP contribution in [0.4, 0.5) is 0 Å². The van der Waals surface area contributed by atoms with Crippen LogP contribution < -0.4 is 4.74 Å². The van der Waals surface area contributed by atoms with E-state index in [4.69, 9.17) is 14.2 Å². The Balaban J connectivity index is 1.76. The Morgan fingerprint density at radius 2 is 1.70 bits per heavy atom. The lowest BCUT2D eigenvalue weighted by molar-refractivity contribution is -0.167. The fraction of sp³-hybridized carbons (Fsp3) is 0.636. The van der Waals surface area contributed by atoms with Crippen LogP contribution in [0, 0.1) is 31.6 Å². The van der Waals surface area contributed by atoms with Crippen LogP contribution in [0.15, 0.2) is 18.2 Å². The highest BCUT2D eigenvalue weighted by atomic mass is 16.6. The molecule has 1 aromatic carbocycles. The molecule has 5 heteroatoms. The van der Waals surface area contributed by atoms with Crippen molar-refractivity contribution < 1.29 is 23.8 Å². The summed E-state index contributed by atoms with van der Waals surface area (Å²) in [5.41, 5.74) is 2.12. The maximum Gasteiger partial charge on any atom is 0.344 e. The highest BCUT2D eigenvalue weighted by Gasteiger charge is 2.33. The summed E-state index contributed by atoms with van der Waals surface area (Å²) < 4.78 is 16.1. The lowest BCUT2D eigenvalue weighted by Crippen LogP contribution is -2.37. The normalized spacial score (nSPS) is 22.4. The molecule has 0 unspecified atom stereocenters. The standard InChI is InChI=1S/C22H32O5/c1-14(2)19-7-6-15(3)11-20(19)27-22(24)13-26-21(23)12-25-18-9-16(4)8-17(5)10-18/h8-10,14-15,19-20H,6-7,11-13H2,1-5H3/t15-,19-,20+/m1/s1. The predicted octanol–water partition coefficient (Wildman–Crippen LogP) is 4.23. The summed E-state index contributed by atoms with van der Waals surface area (Å²) >= 11 is 0. The summed E-state index contributed by atoms with van der Waals surface area (Å²) in [6.45, 7) is 9.82. The van der Waals surface area contributed by atoms with Crippen molar-refractivity contribution in [3.8, 4) is 5.75 Å². The third kappa shape index (κ3) is 6.89. The average Bonchev–Trinajstić information content (AvgIpc) is 2.57. The van der Waals surface area contributed by atoms with Crippen molar-refractivity contribution in [3.63, 3.8) is 0 Å². The maximum absolute atomic E-state index is 12.1. The van der Waals surface area contributed by atoms with Crippen LogP contribution in [0.1, 0.15) is 51.2 Å². The minimum atomic E-state index is -0.580. The third-order valence-electron chi connectivity index (χ3n) is 5.15. The molecule has 0 amide bonds. The summed E-state index contributed by atoms with van der Waals surface area (Å²) in [5, 5.41) is 0. The molecule has 1 saturated carbocycles. The zero-order valence-electron chi connectivity index (χ0n) is 17.1. The van der Waals surface area contributed by atoms with Gasteiger partial charge in [-0.1, -0.05) is 33.3 Å². The molecule has 5 nitrogen and oxygen atoms in total. The van der Waals surface area contributed by atoms with Crippen LogP contribution in [-0.4, -0.2) is 31.3 Å². The summed E-state index contributed by atoms with van der Waals surface area (Å²) in [6.07, 6.45) is 3.02. The van der Waals surface area contributed by atoms with Crippen molar-refractivity contribution in [1.29, 1.82) is 0 Å². The molecule has 150 valence electrons. The van der Waals surface area contributed by atoms with Gasteiger partial charge in [0.2, 0.25) is 0 Å². The molecule has 0 saturated heterocycles. The Bertz CT molecular complexity index is 632. The molecule has 0 heterocycles. The number of esters is 2. The third-order valence-corrected chi connectivity index (χ3v) is 5.15. The van der Waals surface area contributed by atoms with E-state index in [0.29, 0.717) is 23.5 Å². The van der Waals surface area contributed by atoms with E-state index < -0.39 is 11.9 Å². The Hall–Kier alpha value is -2.04. The molecule has 0 aromatic heterocycles. The Morgan fingerprint density at radius 3 is 2.33 bits per heavy atom. The second kappa shape index (κ2) is 9.77. The van der Waals surface area contributed by atoms with Gasteiger partial charge in [-0.15, -0.1) is 0 Å². The fourth-order valence-corrected chi connectivity index (χ4v) is 3.79. The van der Waals surface area contributed by atoms with Crippen molar-refractivity contribution in [3.05, 3.63) is 29.3 Å². The molecule has 1 aromatic rings. The highest BCUT2D eigenvalue weighted by Crippen LogP contribution is 2.35. The van der Waals surface area contributed by atoms with Gasteiger partial charge in [-0.2, -0.15) is 0 Å². The van der Waals surface area contributed by atoms with Gasteiger partial charge in [0.1, 0.15) is 11.9 Å². The molecule has 27 heavy (non-hydrogen) atoms. The topological polar surface area (TPSA) is 61.8 Å². The first-order valence-corrected chi connectivity index (χ1v) is 9.80. The predicted molar refractivity (Wildman–Crippen MR) is 104 cm³/mol. The number of hydrogen-bond donors (Lipinski definition) is 0. The van der Waals surface area contributed by atoms with Gasteiger partial charge in [0.25, 0.3) is 0 Å². The van der Waals surface area contributed by atoms with Crippen molar-refractivity contribution in [2.45, 2.75) is 60.0 Å². The van der Waals surface area contributed by atoms with E-state index in [0.717, 1.165) is 24.0 Å². The fourth-order valence-electron chi connectivity index (χ4n) is 3.79. The van der Waals surface area contributed by atoms with E-state index in [2.05, 4.69) is 20.8 Å². The molecule has 0 bridgehead atoms. The van der Waals surface area contributed by atoms with E-state index in [1.54, 1.807) is 0 Å². The second-order valence-electron chi connectivity index (χ2n) is 8.13. The van der Waals surface area contributed by atoms with E-state index in [1.807, 2.05) is 32.0 Å². The van der Waals surface area contributed by atoms with Crippen molar-refractivity contribution in [2.24, 2.45) is 17.8 Å². The SMILES string of the molecule is Cc1cc(C)cc(OCC(=O)OCC(=O)O[C@H]2C[C@H](C)CC[C@@H]2C(C)C)c1. The number of ether oxygens (including phenoxy) is 3. The zero-order valence-corrected chi connectivity index (χ0v) is 17.1. The summed E-state index contributed by atoms with van der Waals surface area (Å²) in [6, 6.07) is 5.73. The van der Waals surface area contributed by atoms with Crippen LogP contribution in [0.25, 0.3) is 0 Å². The lowest BCUT2D eigenvalue weighted by Gasteiger charge is -2.36. The molecular formula is C22H32O5. The average molecular weight is 376 g/mol. The van der Waals surface area contributed by atoms with Gasteiger partial charge in [-0.05, 0) is 67.7 Å². The lowest BCUT2D eigenvalue weighted by atomic mass is 9.75. The molecule has 1 aliphatic carbocycles. The quantitative estimate of drug-likeness (QED) is 0.667. The van der Waals surface area contributed by atoms with Gasteiger partial charge < -0.3 is 14.2 Å². The van der Waals surface area contributed by atoms with Gasteiger partial charge in [0.15, 0.2) is 13.2 Å². The Labute approximate surface area is 162 Å². The summed E-state index contributed by atoms with van der Waals surface area (Å²) in [5.74, 6) is 0.926. The molecule has 1 fully saturated rings. The molecule has 3 atom stereocenters. The van der Waals surface area contributed by atoms with E-state index in [-0.39, 0.29) is 19.3 Å². The molecule has 0 spiro atoms. The van der Waals surface area contributed by atoms with Crippen molar-refractivity contribution in [1.82, 2.24) is 0 Å². The van der Waals surface area contributed by atoms with E-state index in [1.165, 1.54) is 6.42 Å². The monoisotopic (exact) mass is 376 g/mol. The Kier molecular flexibility index (Phi) is 7.69. The molecular weight excluding hydrogens is 344 g/mol. The molecule has 1 aliphatic rings.